The smallest absolute Gasteiger partial charge is 0.236 e. The number of thiophene rings is 2. The Balaban J connectivity index is 1.07. The second-order valence-electron chi connectivity index (χ2n) is 8.42. The Bertz CT molecular complexity index is 842. The summed E-state index contributed by atoms with van der Waals surface area (Å²) in [5, 5.41) is 4.30. The molecular weight excluding hydrogens is 416 g/mol. The maximum absolute atomic E-state index is 12.8. The van der Waals surface area contributed by atoms with Gasteiger partial charge in [-0.15, -0.1) is 22.7 Å². The van der Waals surface area contributed by atoms with Gasteiger partial charge in [-0.2, -0.15) is 0 Å². The fourth-order valence-electron chi connectivity index (χ4n) is 4.64. The first-order chi connectivity index (χ1) is 14.7. The zero-order chi connectivity index (χ0) is 20.5. The van der Waals surface area contributed by atoms with Crippen LogP contribution in [0.5, 0.6) is 0 Å². The summed E-state index contributed by atoms with van der Waals surface area (Å²) in [6.07, 6.45) is 2.08. The lowest BCUT2D eigenvalue weighted by Crippen LogP contribution is -2.54. The van der Waals surface area contributed by atoms with E-state index in [0.717, 1.165) is 39.0 Å². The summed E-state index contributed by atoms with van der Waals surface area (Å²) in [7, 11) is 0. The van der Waals surface area contributed by atoms with E-state index in [-0.39, 0.29) is 11.8 Å². The van der Waals surface area contributed by atoms with Crippen molar-refractivity contribution in [2.24, 2.45) is 0 Å². The summed E-state index contributed by atoms with van der Waals surface area (Å²) >= 11 is 3.58. The summed E-state index contributed by atoms with van der Waals surface area (Å²) in [4.78, 5) is 36.7. The molecule has 2 aromatic heterocycles. The van der Waals surface area contributed by atoms with Crippen LogP contribution in [-0.2, 0) is 35.5 Å². The Hall–Kier alpha value is -1.74. The maximum atomic E-state index is 12.8. The van der Waals surface area contributed by atoms with Gasteiger partial charge >= 0.3 is 0 Å². The van der Waals surface area contributed by atoms with E-state index in [1.807, 2.05) is 9.80 Å². The fraction of sp³-hybridized carbons (Fsp3) is 0.545. The highest BCUT2D eigenvalue weighted by atomic mass is 32.1. The van der Waals surface area contributed by atoms with Gasteiger partial charge in [0.25, 0.3) is 0 Å². The van der Waals surface area contributed by atoms with E-state index in [4.69, 9.17) is 0 Å². The third-order valence-corrected chi connectivity index (χ3v) is 8.40. The van der Waals surface area contributed by atoms with E-state index in [1.165, 1.54) is 20.9 Å². The molecular formula is C22H28N4O2S2. The van der Waals surface area contributed by atoms with Crippen LogP contribution >= 0.6 is 22.7 Å². The molecule has 160 valence electrons. The summed E-state index contributed by atoms with van der Waals surface area (Å²) in [5.74, 6) is 0.395. The first-order valence-electron chi connectivity index (χ1n) is 10.8. The summed E-state index contributed by atoms with van der Waals surface area (Å²) in [5.41, 5.74) is 2.89. The number of carbonyl (C=O) groups excluding carboxylic acids is 2. The Morgan fingerprint density at radius 3 is 1.57 bits per heavy atom. The highest BCUT2D eigenvalue weighted by molar-refractivity contribution is 7.10. The predicted molar refractivity (Wildman–Crippen MR) is 120 cm³/mol. The van der Waals surface area contributed by atoms with Crippen molar-refractivity contribution in [3.63, 3.8) is 0 Å². The normalized spacial score (nSPS) is 20.1. The van der Waals surface area contributed by atoms with Crippen LogP contribution in [0.3, 0.4) is 0 Å². The fourth-order valence-corrected chi connectivity index (χ4v) is 6.59. The number of nitrogens with zero attached hydrogens (tertiary/aromatic N) is 4. The van der Waals surface area contributed by atoms with E-state index in [2.05, 4.69) is 32.7 Å². The topological polar surface area (TPSA) is 47.1 Å². The van der Waals surface area contributed by atoms with Crippen molar-refractivity contribution in [3.05, 3.63) is 43.8 Å². The van der Waals surface area contributed by atoms with Crippen molar-refractivity contribution in [2.45, 2.75) is 25.9 Å². The zero-order valence-electron chi connectivity index (χ0n) is 17.2. The highest BCUT2D eigenvalue weighted by Crippen LogP contribution is 2.25. The largest absolute Gasteiger partial charge is 0.338 e. The van der Waals surface area contributed by atoms with Crippen LogP contribution in [0.15, 0.2) is 22.9 Å². The van der Waals surface area contributed by atoms with Crippen LogP contribution in [-0.4, -0.2) is 83.8 Å². The number of carbonyl (C=O) groups is 2. The number of piperazine rings is 1. The van der Waals surface area contributed by atoms with E-state index in [9.17, 15) is 9.59 Å². The van der Waals surface area contributed by atoms with Crippen molar-refractivity contribution in [1.29, 1.82) is 0 Å². The molecule has 5 rings (SSSR count). The van der Waals surface area contributed by atoms with Crippen molar-refractivity contribution in [2.75, 3.05) is 52.4 Å². The monoisotopic (exact) mass is 444 g/mol. The summed E-state index contributed by atoms with van der Waals surface area (Å²) in [6.45, 7) is 7.26. The molecule has 0 aromatic carbocycles. The molecule has 5 heterocycles. The Morgan fingerprint density at radius 2 is 1.13 bits per heavy atom. The van der Waals surface area contributed by atoms with Gasteiger partial charge in [-0.1, -0.05) is 0 Å². The SMILES string of the molecule is O=C(CN1CCc2ccsc2C1)N1CCN(C(=O)CN2CCc3ccsc3C2)CC1. The van der Waals surface area contributed by atoms with E-state index in [0.29, 0.717) is 39.3 Å². The molecule has 0 saturated carbocycles. The molecule has 0 bridgehead atoms. The number of amides is 2. The minimum atomic E-state index is 0.198. The van der Waals surface area contributed by atoms with Crippen LogP contribution in [0.25, 0.3) is 0 Å². The van der Waals surface area contributed by atoms with Gasteiger partial charge < -0.3 is 9.80 Å². The first kappa shape index (κ1) is 20.2. The molecule has 0 unspecified atom stereocenters. The second kappa shape index (κ2) is 8.78. The molecule has 0 spiro atoms. The third-order valence-electron chi connectivity index (χ3n) is 6.51. The van der Waals surface area contributed by atoms with E-state index >= 15 is 0 Å². The predicted octanol–water partition coefficient (Wildman–Crippen LogP) is 1.90. The van der Waals surface area contributed by atoms with Gasteiger partial charge in [0, 0.05) is 62.1 Å². The van der Waals surface area contributed by atoms with Crippen LogP contribution in [0.4, 0.5) is 0 Å². The van der Waals surface area contributed by atoms with Crippen LogP contribution in [0.1, 0.15) is 20.9 Å². The molecule has 6 nitrogen and oxygen atoms in total. The van der Waals surface area contributed by atoms with E-state index < -0.39 is 0 Å². The lowest BCUT2D eigenvalue weighted by molar-refractivity contribution is -0.141. The number of rotatable bonds is 4. The second-order valence-corrected chi connectivity index (χ2v) is 10.4. The Kier molecular flexibility index (Phi) is 5.91. The van der Waals surface area contributed by atoms with E-state index in [1.54, 1.807) is 22.7 Å². The third kappa shape index (κ3) is 4.32. The molecule has 3 aliphatic rings. The molecule has 0 radical (unpaired) electrons. The average molecular weight is 445 g/mol. The first-order valence-corrected chi connectivity index (χ1v) is 12.5. The molecule has 2 aromatic rings. The summed E-state index contributed by atoms with van der Waals surface area (Å²) < 4.78 is 0. The molecule has 1 fully saturated rings. The quantitative estimate of drug-likeness (QED) is 0.723. The van der Waals surface area contributed by atoms with Gasteiger partial charge in [-0.3, -0.25) is 19.4 Å². The van der Waals surface area contributed by atoms with Crippen molar-refractivity contribution in [3.8, 4) is 0 Å². The van der Waals surface area contributed by atoms with Crippen LogP contribution in [0.2, 0.25) is 0 Å². The maximum Gasteiger partial charge on any atom is 0.236 e. The zero-order valence-corrected chi connectivity index (χ0v) is 18.8. The molecule has 1 saturated heterocycles. The van der Waals surface area contributed by atoms with Gasteiger partial charge in [0.2, 0.25) is 11.8 Å². The number of fused-ring (bicyclic) bond motifs is 2. The van der Waals surface area contributed by atoms with Gasteiger partial charge in [-0.05, 0) is 46.9 Å². The average Bonchev–Trinajstić information content (AvgIpc) is 3.42. The van der Waals surface area contributed by atoms with Gasteiger partial charge in [-0.25, -0.2) is 0 Å². The Labute approximate surface area is 185 Å². The molecule has 30 heavy (non-hydrogen) atoms. The number of hydrogen-bond donors (Lipinski definition) is 0. The van der Waals surface area contributed by atoms with Crippen LogP contribution in [0, 0.1) is 0 Å². The Morgan fingerprint density at radius 1 is 0.700 bits per heavy atom. The van der Waals surface area contributed by atoms with Gasteiger partial charge in [0.1, 0.15) is 0 Å². The van der Waals surface area contributed by atoms with Crippen molar-refractivity contribution >= 4 is 34.5 Å². The lowest BCUT2D eigenvalue weighted by atomic mass is 10.1. The molecule has 0 N–H and O–H groups in total. The number of hydrogen-bond acceptors (Lipinski definition) is 6. The highest BCUT2D eigenvalue weighted by Gasteiger charge is 2.28. The molecule has 8 heteroatoms. The molecule has 0 atom stereocenters. The van der Waals surface area contributed by atoms with Gasteiger partial charge in [0.05, 0.1) is 13.1 Å². The minimum Gasteiger partial charge on any atom is -0.338 e. The van der Waals surface area contributed by atoms with Crippen LogP contribution < -0.4 is 0 Å². The molecule has 3 aliphatic heterocycles. The lowest BCUT2D eigenvalue weighted by Gasteiger charge is -2.37. The van der Waals surface area contributed by atoms with Crippen molar-refractivity contribution in [1.82, 2.24) is 19.6 Å². The minimum absolute atomic E-state index is 0.198. The summed E-state index contributed by atoms with van der Waals surface area (Å²) in [6, 6.07) is 4.41. The molecule has 0 aliphatic carbocycles. The van der Waals surface area contributed by atoms with Gasteiger partial charge in [0.15, 0.2) is 0 Å². The standard InChI is InChI=1S/C22H28N4O2S2/c27-21(15-23-5-1-17-3-11-29-19(17)13-23)25-7-9-26(10-8-25)22(28)16-24-6-2-18-4-12-30-20(18)14-24/h3-4,11-12H,1-2,5-10,13-16H2. The van der Waals surface area contributed by atoms with Crippen molar-refractivity contribution < 1.29 is 9.59 Å². The molecule has 2 amide bonds.